The van der Waals surface area contributed by atoms with Gasteiger partial charge in [0, 0.05) is 26.2 Å². The van der Waals surface area contributed by atoms with E-state index in [2.05, 4.69) is 12.2 Å². The molecule has 2 heterocycles. The largest absolute Gasteiger partial charge is 0.380 e. The van der Waals surface area contributed by atoms with Crippen molar-refractivity contribution in [3.8, 4) is 0 Å². The van der Waals surface area contributed by atoms with Crippen LogP contribution in [-0.4, -0.2) is 57.4 Å². The van der Waals surface area contributed by atoms with Crippen molar-refractivity contribution in [3.05, 3.63) is 0 Å². The summed E-state index contributed by atoms with van der Waals surface area (Å²) in [5, 5.41) is 3.41. The summed E-state index contributed by atoms with van der Waals surface area (Å²) in [4.78, 5) is 0. The summed E-state index contributed by atoms with van der Waals surface area (Å²) in [5.41, 5.74) is 0. The third-order valence-corrected chi connectivity index (χ3v) is 6.55. The highest BCUT2D eigenvalue weighted by molar-refractivity contribution is 7.89. The van der Waals surface area contributed by atoms with Crippen molar-refractivity contribution in [1.29, 1.82) is 0 Å². The van der Waals surface area contributed by atoms with Crippen molar-refractivity contribution in [2.75, 3.05) is 32.5 Å². The minimum Gasteiger partial charge on any atom is -0.380 e. The van der Waals surface area contributed by atoms with Crippen LogP contribution in [0, 0.1) is 5.92 Å². The van der Waals surface area contributed by atoms with Gasteiger partial charge in [0.25, 0.3) is 0 Å². The second-order valence-corrected chi connectivity index (χ2v) is 8.24. The molecule has 2 rings (SSSR count). The van der Waals surface area contributed by atoms with Gasteiger partial charge in [-0.15, -0.1) is 0 Å². The number of rotatable bonds is 5. The molecule has 1 N–H and O–H groups in total. The van der Waals surface area contributed by atoms with Crippen molar-refractivity contribution in [2.24, 2.45) is 5.92 Å². The molecule has 0 saturated carbocycles. The first kappa shape index (κ1) is 16.2. The second kappa shape index (κ2) is 7.20. The van der Waals surface area contributed by atoms with Crippen LogP contribution in [0.4, 0.5) is 0 Å². The van der Waals surface area contributed by atoms with Crippen molar-refractivity contribution in [3.63, 3.8) is 0 Å². The minimum absolute atomic E-state index is 0.0336. The Morgan fingerprint density at radius 2 is 2.10 bits per heavy atom. The predicted molar refractivity (Wildman–Crippen MR) is 80.2 cm³/mol. The number of nitrogens with one attached hydrogen (secondary N) is 1. The predicted octanol–water partition coefficient (Wildman–Crippen LogP) is 1.21. The summed E-state index contributed by atoms with van der Waals surface area (Å²) in [6, 6.07) is 0.375. The van der Waals surface area contributed by atoms with Crippen molar-refractivity contribution >= 4 is 10.0 Å². The summed E-state index contributed by atoms with van der Waals surface area (Å²) in [6.45, 7) is 4.31. The molecule has 0 aromatic carbocycles. The molecule has 3 atom stereocenters. The lowest BCUT2D eigenvalue weighted by atomic mass is 9.97. The molecule has 2 aliphatic heterocycles. The lowest BCUT2D eigenvalue weighted by Crippen LogP contribution is -2.48. The van der Waals surface area contributed by atoms with Gasteiger partial charge in [0.2, 0.25) is 10.0 Å². The Bertz CT molecular complexity index is 393. The first-order valence-corrected chi connectivity index (χ1v) is 9.38. The Kier molecular flexibility index (Phi) is 5.84. The van der Waals surface area contributed by atoms with Gasteiger partial charge in [0.05, 0.1) is 11.9 Å². The fourth-order valence-electron chi connectivity index (χ4n) is 3.16. The SMILES string of the molecule is COC1CN(S(=O)(=O)CCC2CCCCN2)CCC1C. The number of methoxy groups -OCH3 is 1. The zero-order valence-corrected chi connectivity index (χ0v) is 13.5. The van der Waals surface area contributed by atoms with Crippen LogP contribution in [0.1, 0.15) is 39.0 Å². The smallest absolute Gasteiger partial charge is 0.214 e. The van der Waals surface area contributed by atoms with E-state index in [4.69, 9.17) is 4.74 Å². The Morgan fingerprint density at radius 3 is 2.75 bits per heavy atom. The number of hydrogen-bond acceptors (Lipinski definition) is 4. The van der Waals surface area contributed by atoms with Gasteiger partial charge in [0.15, 0.2) is 0 Å². The van der Waals surface area contributed by atoms with E-state index in [0.29, 0.717) is 25.0 Å². The third kappa shape index (κ3) is 4.16. The molecule has 0 bridgehead atoms. The molecule has 6 heteroatoms. The topological polar surface area (TPSA) is 58.6 Å². The van der Waals surface area contributed by atoms with Crippen LogP contribution in [-0.2, 0) is 14.8 Å². The van der Waals surface area contributed by atoms with Gasteiger partial charge in [-0.1, -0.05) is 13.3 Å². The number of nitrogens with zero attached hydrogens (tertiary/aromatic N) is 1. The van der Waals surface area contributed by atoms with Crippen LogP contribution in [0.5, 0.6) is 0 Å². The van der Waals surface area contributed by atoms with Gasteiger partial charge in [-0.2, -0.15) is 4.31 Å². The number of sulfonamides is 1. The molecule has 20 heavy (non-hydrogen) atoms. The second-order valence-electron chi connectivity index (χ2n) is 6.15. The van der Waals surface area contributed by atoms with Gasteiger partial charge < -0.3 is 10.1 Å². The highest BCUT2D eigenvalue weighted by atomic mass is 32.2. The van der Waals surface area contributed by atoms with Crippen LogP contribution in [0.2, 0.25) is 0 Å². The lowest BCUT2D eigenvalue weighted by Gasteiger charge is -2.35. The van der Waals surface area contributed by atoms with Crippen molar-refractivity contribution in [1.82, 2.24) is 9.62 Å². The first-order chi connectivity index (χ1) is 9.53. The Hall–Kier alpha value is -0.170. The molecule has 118 valence electrons. The van der Waals surface area contributed by atoms with Crippen LogP contribution in [0.15, 0.2) is 0 Å². The standard InChI is InChI=1S/C14H28N2O3S/c1-12-6-9-16(11-14(12)19-2)20(17,18)10-7-13-5-3-4-8-15-13/h12-15H,3-11H2,1-2H3. The number of hydrogen-bond donors (Lipinski definition) is 1. The maximum Gasteiger partial charge on any atom is 0.214 e. The average Bonchev–Trinajstić information content (AvgIpc) is 2.46. The maximum absolute atomic E-state index is 12.4. The van der Waals surface area contributed by atoms with E-state index in [0.717, 1.165) is 25.8 Å². The summed E-state index contributed by atoms with van der Waals surface area (Å²) >= 11 is 0. The van der Waals surface area contributed by atoms with E-state index in [9.17, 15) is 8.42 Å². The van der Waals surface area contributed by atoms with E-state index >= 15 is 0 Å². The summed E-state index contributed by atoms with van der Waals surface area (Å²) in [6.07, 6.45) is 5.18. The monoisotopic (exact) mass is 304 g/mol. The van der Waals surface area contributed by atoms with E-state index in [1.54, 1.807) is 11.4 Å². The lowest BCUT2D eigenvalue weighted by molar-refractivity contribution is 0.0183. The normalized spacial score (nSPS) is 33.2. The van der Waals surface area contributed by atoms with Gasteiger partial charge in [-0.3, -0.25) is 0 Å². The van der Waals surface area contributed by atoms with E-state index in [1.807, 2.05) is 0 Å². The van der Waals surface area contributed by atoms with Crippen molar-refractivity contribution < 1.29 is 13.2 Å². The van der Waals surface area contributed by atoms with Gasteiger partial charge in [0.1, 0.15) is 0 Å². The Morgan fingerprint density at radius 1 is 1.30 bits per heavy atom. The fourth-order valence-corrected chi connectivity index (χ4v) is 4.75. The average molecular weight is 304 g/mol. The molecule has 0 aromatic rings. The number of ether oxygens (including phenoxy) is 1. The van der Waals surface area contributed by atoms with Crippen LogP contribution >= 0.6 is 0 Å². The summed E-state index contributed by atoms with van der Waals surface area (Å²) < 4.78 is 31.9. The fraction of sp³-hybridized carbons (Fsp3) is 1.00. The van der Waals surface area contributed by atoms with Gasteiger partial charge in [-0.25, -0.2) is 8.42 Å². The molecule has 0 spiro atoms. The van der Waals surface area contributed by atoms with Crippen molar-refractivity contribution in [2.45, 2.75) is 51.2 Å². The van der Waals surface area contributed by atoms with E-state index in [1.165, 1.54) is 12.8 Å². The minimum atomic E-state index is -3.14. The van der Waals surface area contributed by atoms with E-state index in [-0.39, 0.29) is 11.9 Å². The molecule has 0 amide bonds. The highest BCUT2D eigenvalue weighted by Gasteiger charge is 2.33. The first-order valence-electron chi connectivity index (χ1n) is 7.77. The summed E-state index contributed by atoms with van der Waals surface area (Å²) in [5.74, 6) is 0.696. The molecule has 3 unspecified atom stereocenters. The third-order valence-electron chi connectivity index (χ3n) is 4.68. The maximum atomic E-state index is 12.4. The Balaban J connectivity index is 1.86. The van der Waals surface area contributed by atoms with Crippen LogP contribution in [0.3, 0.4) is 0 Å². The highest BCUT2D eigenvalue weighted by Crippen LogP contribution is 2.22. The molecule has 0 aromatic heterocycles. The molecular formula is C14H28N2O3S. The summed E-state index contributed by atoms with van der Waals surface area (Å²) in [7, 11) is -1.47. The molecule has 0 radical (unpaired) electrons. The molecule has 2 aliphatic rings. The molecule has 2 saturated heterocycles. The molecular weight excluding hydrogens is 276 g/mol. The van der Waals surface area contributed by atoms with Crippen LogP contribution < -0.4 is 5.32 Å². The molecule has 5 nitrogen and oxygen atoms in total. The van der Waals surface area contributed by atoms with Crippen LogP contribution in [0.25, 0.3) is 0 Å². The molecule has 2 fully saturated rings. The zero-order chi connectivity index (χ0) is 14.6. The van der Waals surface area contributed by atoms with E-state index < -0.39 is 10.0 Å². The Labute approximate surface area is 123 Å². The quantitative estimate of drug-likeness (QED) is 0.829. The van der Waals surface area contributed by atoms with Gasteiger partial charge in [-0.05, 0) is 38.1 Å². The molecule has 0 aliphatic carbocycles. The van der Waals surface area contributed by atoms with Gasteiger partial charge >= 0.3 is 0 Å². The number of piperidine rings is 2. The zero-order valence-electron chi connectivity index (χ0n) is 12.7.